The van der Waals surface area contributed by atoms with Crippen molar-refractivity contribution >= 4 is 11.9 Å². The summed E-state index contributed by atoms with van der Waals surface area (Å²) in [6, 6.07) is 5.87. The highest BCUT2D eigenvalue weighted by molar-refractivity contribution is 5.95. The number of Topliss-reactive ketones (excluding diaryl/α,β-unsaturated/α-hetero) is 1. The monoisotopic (exact) mass is 214 g/mol. The second-order valence-electron chi connectivity index (χ2n) is 4.54. The highest BCUT2D eigenvalue weighted by atomic mass is 16.6. The van der Waals surface area contributed by atoms with Crippen molar-refractivity contribution < 1.29 is 9.53 Å². The van der Waals surface area contributed by atoms with Crippen LogP contribution in [-0.2, 0) is 4.74 Å². The molecule has 1 aromatic rings. The van der Waals surface area contributed by atoms with E-state index in [1.165, 1.54) is 5.56 Å². The maximum Gasteiger partial charge on any atom is 0.159 e. The Kier molecular flexibility index (Phi) is 1.86. The van der Waals surface area contributed by atoms with Crippen molar-refractivity contribution in [3.63, 3.8) is 0 Å². The van der Waals surface area contributed by atoms with Gasteiger partial charge < -0.3 is 4.74 Å². The Morgan fingerprint density at radius 2 is 2.31 bits per heavy atom. The van der Waals surface area contributed by atoms with E-state index in [1.807, 2.05) is 18.2 Å². The number of fused-ring (bicyclic) bond motifs is 3. The third kappa shape index (κ3) is 1.20. The molecular weight excluding hydrogens is 200 g/mol. The van der Waals surface area contributed by atoms with Crippen molar-refractivity contribution in [2.24, 2.45) is 0 Å². The molecule has 0 aromatic heterocycles. The lowest BCUT2D eigenvalue weighted by Gasteiger charge is -2.13. The van der Waals surface area contributed by atoms with Crippen molar-refractivity contribution in [3.8, 4) is 0 Å². The van der Waals surface area contributed by atoms with E-state index in [-0.39, 0.29) is 17.5 Å². The maximum absolute atomic E-state index is 11.3. The van der Waals surface area contributed by atoms with Crippen molar-refractivity contribution in [1.29, 1.82) is 0 Å². The van der Waals surface area contributed by atoms with Gasteiger partial charge in [-0.05, 0) is 36.6 Å². The smallest absolute Gasteiger partial charge is 0.159 e. The van der Waals surface area contributed by atoms with E-state index in [0.29, 0.717) is 0 Å². The molecule has 1 heterocycles. The second kappa shape index (κ2) is 3.05. The van der Waals surface area contributed by atoms with Crippen molar-refractivity contribution in [2.75, 3.05) is 0 Å². The minimum atomic E-state index is -0.0509. The van der Waals surface area contributed by atoms with Gasteiger partial charge in [-0.2, -0.15) is 0 Å². The Hall–Kier alpha value is -1.41. The standard InChI is InChI=1S/C14H14O2/c1-3-14-7-6-11-8-10(9(2)15)4-5-12(11)13(14)16-14/h4-8,13H,3H2,1-2H3. The SMILES string of the molecule is CCC12C=Cc3cc(C(C)=O)ccc3C1O2. The molecular formula is C14H14O2. The number of ether oxygens (including phenoxy) is 1. The number of carbonyl (C=O) groups excluding carboxylic acids is 1. The number of ketones is 1. The van der Waals surface area contributed by atoms with Gasteiger partial charge in [0.2, 0.25) is 0 Å². The van der Waals surface area contributed by atoms with Gasteiger partial charge in [-0.3, -0.25) is 4.79 Å². The Morgan fingerprint density at radius 3 is 3.00 bits per heavy atom. The van der Waals surface area contributed by atoms with Crippen LogP contribution in [0.15, 0.2) is 24.3 Å². The summed E-state index contributed by atoms with van der Waals surface area (Å²) in [5, 5.41) is 0. The molecule has 1 fully saturated rings. The lowest BCUT2D eigenvalue weighted by atomic mass is 9.87. The molecule has 0 saturated carbocycles. The molecule has 1 saturated heterocycles. The number of benzene rings is 1. The molecule has 82 valence electrons. The van der Waals surface area contributed by atoms with Gasteiger partial charge >= 0.3 is 0 Å². The Bertz CT molecular complexity index is 501. The number of carbonyl (C=O) groups is 1. The minimum absolute atomic E-state index is 0.0509. The third-order valence-corrected chi connectivity index (χ3v) is 3.60. The lowest BCUT2D eigenvalue weighted by Crippen LogP contribution is -2.10. The Labute approximate surface area is 94.9 Å². The normalized spacial score (nSPS) is 29.5. The average molecular weight is 214 g/mol. The first-order chi connectivity index (χ1) is 7.66. The summed E-state index contributed by atoms with van der Waals surface area (Å²) in [6.07, 6.45) is 5.42. The van der Waals surface area contributed by atoms with Crippen LogP contribution in [0.4, 0.5) is 0 Å². The van der Waals surface area contributed by atoms with Crippen LogP contribution < -0.4 is 0 Å². The summed E-state index contributed by atoms with van der Waals surface area (Å²) >= 11 is 0. The van der Waals surface area contributed by atoms with Crippen LogP contribution in [0.25, 0.3) is 6.08 Å². The van der Waals surface area contributed by atoms with E-state index in [9.17, 15) is 4.79 Å². The van der Waals surface area contributed by atoms with Gasteiger partial charge in [0, 0.05) is 5.56 Å². The molecule has 16 heavy (non-hydrogen) atoms. The quantitative estimate of drug-likeness (QED) is 0.559. The highest BCUT2D eigenvalue weighted by Crippen LogP contribution is 2.56. The molecule has 0 N–H and O–H groups in total. The van der Waals surface area contributed by atoms with Crippen molar-refractivity contribution in [1.82, 2.24) is 0 Å². The summed E-state index contributed by atoms with van der Waals surface area (Å²) in [4.78, 5) is 11.3. The zero-order valence-corrected chi connectivity index (χ0v) is 9.49. The van der Waals surface area contributed by atoms with E-state index in [4.69, 9.17) is 4.74 Å². The van der Waals surface area contributed by atoms with Crippen LogP contribution in [0, 0.1) is 0 Å². The van der Waals surface area contributed by atoms with Gasteiger partial charge in [-0.25, -0.2) is 0 Å². The maximum atomic E-state index is 11.3. The minimum Gasteiger partial charge on any atom is -0.356 e. The van der Waals surface area contributed by atoms with Crippen molar-refractivity contribution in [2.45, 2.75) is 32.0 Å². The molecule has 2 heteroatoms. The Morgan fingerprint density at radius 1 is 1.50 bits per heavy atom. The van der Waals surface area contributed by atoms with Crippen LogP contribution in [0.3, 0.4) is 0 Å². The van der Waals surface area contributed by atoms with E-state index in [1.54, 1.807) is 6.92 Å². The topological polar surface area (TPSA) is 29.6 Å². The summed E-state index contributed by atoms with van der Waals surface area (Å²) in [5.74, 6) is 0.111. The van der Waals surface area contributed by atoms with Gasteiger partial charge in [-0.1, -0.05) is 25.1 Å². The van der Waals surface area contributed by atoms with Gasteiger partial charge in [0.15, 0.2) is 5.78 Å². The fourth-order valence-electron chi connectivity index (χ4n) is 2.43. The molecule has 0 amide bonds. The molecule has 0 radical (unpaired) electrons. The fraction of sp³-hybridized carbons (Fsp3) is 0.357. The molecule has 2 nitrogen and oxygen atoms in total. The summed E-state index contributed by atoms with van der Waals surface area (Å²) in [7, 11) is 0. The summed E-state index contributed by atoms with van der Waals surface area (Å²) < 4.78 is 5.77. The highest BCUT2D eigenvalue weighted by Gasteiger charge is 2.55. The lowest BCUT2D eigenvalue weighted by molar-refractivity contribution is 0.101. The van der Waals surface area contributed by atoms with E-state index in [0.717, 1.165) is 17.5 Å². The number of hydrogen-bond acceptors (Lipinski definition) is 2. The number of hydrogen-bond donors (Lipinski definition) is 0. The van der Waals surface area contributed by atoms with Crippen molar-refractivity contribution in [3.05, 3.63) is 41.0 Å². The molecule has 2 atom stereocenters. The predicted molar refractivity (Wildman–Crippen MR) is 62.3 cm³/mol. The van der Waals surface area contributed by atoms with Gasteiger partial charge in [0.05, 0.1) is 0 Å². The Balaban J connectivity index is 2.06. The predicted octanol–water partition coefficient (Wildman–Crippen LogP) is 3.14. The second-order valence-corrected chi connectivity index (χ2v) is 4.54. The molecule has 2 unspecified atom stereocenters. The van der Waals surface area contributed by atoms with Crippen LogP contribution in [0.5, 0.6) is 0 Å². The van der Waals surface area contributed by atoms with Crippen LogP contribution in [0.1, 0.15) is 47.9 Å². The summed E-state index contributed by atoms with van der Waals surface area (Å²) in [6.45, 7) is 3.73. The van der Waals surface area contributed by atoms with E-state index < -0.39 is 0 Å². The molecule has 0 bridgehead atoms. The average Bonchev–Trinajstić information content (AvgIpc) is 3.03. The zero-order valence-electron chi connectivity index (χ0n) is 9.49. The molecule has 1 aliphatic heterocycles. The van der Waals surface area contributed by atoms with E-state index in [2.05, 4.69) is 19.1 Å². The third-order valence-electron chi connectivity index (χ3n) is 3.60. The number of rotatable bonds is 2. The molecule has 1 aliphatic carbocycles. The molecule has 0 spiro atoms. The number of epoxide rings is 1. The van der Waals surface area contributed by atoms with Gasteiger partial charge in [0.25, 0.3) is 0 Å². The van der Waals surface area contributed by atoms with Crippen LogP contribution in [0.2, 0.25) is 0 Å². The van der Waals surface area contributed by atoms with Gasteiger partial charge in [0.1, 0.15) is 11.7 Å². The van der Waals surface area contributed by atoms with E-state index >= 15 is 0 Å². The molecule has 1 aromatic carbocycles. The molecule has 2 aliphatic rings. The fourth-order valence-corrected chi connectivity index (χ4v) is 2.43. The van der Waals surface area contributed by atoms with Crippen LogP contribution in [-0.4, -0.2) is 11.4 Å². The first-order valence-electron chi connectivity index (χ1n) is 5.68. The van der Waals surface area contributed by atoms with Crippen LogP contribution >= 0.6 is 0 Å². The summed E-state index contributed by atoms with van der Waals surface area (Å²) in [5.41, 5.74) is 3.06. The first-order valence-corrected chi connectivity index (χ1v) is 5.68. The zero-order chi connectivity index (χ0) is 11.3. The molecule has 3 rings (SSSR count). The first kappa shape index (κ1) is 9.79. The van der Waals surface area contributed by atoms with Gasteiger partial charge in [-0.15, -0.1) is 0 Å². The largest absolute Gasteiger partial charge is 0.356 e.